The molecule has 0 unspecified atom stereocenters. The lowest BCUT2D eigenvalue weighted by molar-refractivity contribution is -0.327. The summed E-state index contributed by atoms with van der Waals surface area (Å²) in [4.78, 5) is 23.1. The molecule has 8 nitrogen and oxygen atoms in total. The van der Waals surface area contributed by atoms with Crippen molar-refractivity contribution in [3.05, 3.63) is 59.6 Å². The van der Waals surface area contributed by atoms with Crippen LogP contribution in [-0.4, -0.2) is 58.8 Å². The molecule has 4 rings (SSSR count). The predicted octanol–water partition coefficient (Wildman–Crippen LogP) is 7.03. The van der Waals surface area contributed by atoms with Crippen LogP contribution in [0.3, 0.4) is 0 Å². The smallest absolute Gasteiger partial charge is 0.396 e. The zero-order valence-corrected chi connectivity index (χ0v) is 26.2. The normalized spacial score (nSPS) is 17.4. The summed E-state index contributed by atoms with van der Waals surface area (Å²) in [5.41, 5.74) is 3.91. The third-order valence-corrected chi connectivity index (χ3v) is 8.78. The van der Waals surface area contributed by atoms with Crippen LogP contribution in [0.1, 0.15) is 46.5 Å². The van der Waals surface area contributed by atoms with Gasteiger partial charge in [0.1, 0.15) is 10.7 Å². The average molecular weight is 617 g/mol. The number of halogens is 1. The molecular weight excluding hydrogens is 576 g/mol. The first kappa shape index (κ1) is 32.5. The van der Waals surface area contributed by atoms with Gasteiger partial charge in [-0.05, 0) is 70.1 Å². The van der Waals surface area contributed by atoms with Crippen molar-refractivity contribution in [2.24, 2.45) is 11.8 Å². The summed E-state index contributed by atoms with van der Waals surface area (Å²) in [7, 11) is 0. The Balaban J connectivity index is 1.63. The summed E-state index contributed by atoms with van der Waals surface area (Å²) < 4.78 is 14.0. The Morgan fingerprint density at radius 2 is 1.69 bits per heavy atom. The molecule has 0 bridgehead atoms. The largest absolute Gasteiger partial charge is 0.401 e. The summed E-state index contributed by atoms with van der Waals surface area (Å²) in [6, 6.07) is 18.0. The second-order valence-corrected chi connectivity index (χ2v) is 11.7. The Kier molecular flexibility index (Phi) is 12.3. The molecule has 3 aromatic rings. The molecule has 0 amide bonds. The Morgan fingerprint density at radius 1 is 1.00 bits per heavy atom. The van der Waals surface area contributed by atoms with E-state index in [9.17, 15) is 9.90 Å². The second kappa shape index (κ2) is 15.9. The van der Waals surface area contributed by atoms with Crippen LogP contribution in [0, 0.1) is 11.8 Å². The van der Waals surface area contributed by atoms with E-state index in [0.717, 1.165) is 53.1 Å². The Hall–Kier alpha value is -2.40. The van der Waals surface area contributed by atoms with Crippen molar-refractivity contribution >= 4 is 29.3 Å². The second-order valence-electron chi connectivity index (χ2n) is 10.2. The molecule has 0 aliphatic heterocycles. The molecule has 0 radical (unpaired) electrons. The van der Waals surface area contributed by atoms with Gasteiger partial charge in [-0.1, -0.05) is 54.1 Å². The quantitative estimate of drug-likeness (QED) is 0.0842. The van der Waals surface area contributed by atoms with E-state index in [-0.39, 0.29) is 19.1 Å². The monoisotopic (exact) mass is 616 g/mol. The number of carbonyl (C=O) groups excluding carboxylic acids is 1. The van der Waals surface area contributed by atoms with E-state index in [0.29, 0.717) is 36.5 Å². The highest BCUT2D eigenvalue weighted by molar-refractivity contribution is 7.99. The van der Waals surface area contributed by atoms with Crippen LogP contribution >= 0.6 is 23.4 Å². The van der Waals surface area contributed by atoms with Crippen LogP contribution in [0.15, 0.2) is 59.6 Å². The van der Waals surface area contributed by atoms with Crippen LogP contribution in [0.5, 0.6) is 0 Å². The number of hydrogen-bond donors (Lipinski definition) is 1. The van der Waals surface area contributed by atoms with E-state index in [1.54, 1.807) is 18.7 Å². The fourth-order valence-corrected chi connectivity index (χ4v) is 6.79. The highest BCUT2D eigenvalue weighted by Crippen LogP contribution is 2.43. The molecule has 1 aliphatic carbocycles. The zero-order valence-electron chi connectivity index (χ0n) is 24.6. The molecule has 1 aliphatic rings. The first-order chi connectivity index (χ1) is 20.5. The van der Waals surface area contributed by atoms with E-state index in [2.05, 4.69) is 22.9 Å². The molecular formula is C32H41ClN2O6S. The number of ether oxygens (including phenoxy) is 2. The topological polar surface area (TPSA) is 92.0 Å². The Labute approximate surface area is 257 Å². The predicted molar refractivity (Wildman–Crippen MR) is 165 cm³/mol. The van der Waals surface area contributed by atoms with Crippen LogP contribution in [-0.2, 0) is 30.6 Å². The zero-order chi connectivity index (χ0) is 30.0. The lowest BCUT2D eigenvalue weighted by Crippen LogP contribution is -2.53. The van der Waals surface area contributed by atoms with Crippen LogP contribution < -0.4 is 0 Å². The van der Waals surface area contributed by atoms with Gasteiger partial charge in [0.25, 0.3) is 5.79 Å². The molecule has 1 fully saturated rings. The summed E-state index contributed by atoms with van der Waals surface area (Å²) in [6.45, 7) is 7.09. The molecule has 42 heavy (non-hydrogen) atoms. The van der Waals surface area contributed by atoms with Gasteiger partial charge >= 0.3 is 5.97 Å². The van der Waals surface area contributed by atoms with Crippen molar-refractivity contribution in [1.82, 2.24) is 9.78 Å². The average Bonchev–Trinajstić information content (AvgIpc) is 3.37. The Morgan fingerprint density at radius 3 is 2.31 bits per heavy atom. The van der Waals surface area contributed by atoms with Gasteiger partial charge in [-0.15, -0.1) is 11.8 Å². The Bertz CT molecular complexity index is 1270. The first-order valence-corrected chi connectivity index (χ1v) is 16.1. The number of aliphatic hydroxyl groups is 1. The van der Waals surface area contributed by atoms with Gasteiger partial charge in [-0.2, -0.15) is 9.99 Å². The van der Waals surface area contributed by atoms with Crippen molar-refractivity contribution in [2.45, 2.75) is 63.8 Å². The summed E-state index contributed by atoms with van der Waals surface area (Å²) >= 11 is 8.02. The fraction of sp³-hybridized carbons (Fsp3) is 0.500. The van der Waals surface area contributed by atoms with Crippen molar-refractivity contribution in [3.8, 4) is 22.4 Å². The minimum Gasteiger partial charge on any atom is -0.396 e. The minimum absolute atomic E-state index is 0.0609. The van der Waals surface area contributed by atoms with Gasteiger partial charge in [-0.25, -0.2) is 4.79 Å². The summed E-state index contributed by atoms with van der Waals surface area (Å²) in [6.07, 6.45) is 3.20. The third-order valence-electron chi connectivity index (χ3n) is 7.47. The number of thioether (sulfide) groups is 1. The van der Waals surface area contributed by atoms with E-state index in [1.807, 2.05) is 50.2 Å². The highest BCUT2D eigenvalue weighted by Gasteiger charge is 2.51. The molecule has 1 saturated carbocycles. The van der Waals surface area contributed by atoms with Crippen molar-refractivity contribution in [2.75, 3.05) is 32.2 Å². The maximum absolute atomic E-state index is 13.1. The molecule has 0 atom stereocenters. The summed E-state index contributed by atoms with van der Waals surface area (Å²) in [5, 5.41) is 16.5. The number of carbonyl (C=O) groups is 1. The van der Waals surface area contributed by atoms with Gasteiger partial charge in [0.05, 0.1) is 13.2 Å². The van der Waals surface area contributed by atoms with Gasteiger partial charge in [0, 0.05) is 47.6 Å². The number of nitrogens with zero attached hydrogens (tertiary/aromatic N) is 2. The lowest BCUT2D eigenvalue weighted by atomic mass is 9.77. The van der Waals surface area contributed by atoms with Crippen molar-refractivity contribution < 1.29 is 29.1 Å². The molecule has 1 N–H and O–H groups in total. The van der Waals surface area contributed by atoms with E-state index in [4.69, 9.17) is 35.9 Å². The minimum atomic E-state index is -1.49. The van der Waals surface area contributed by atoms with Gasteiger partial charge in [0.2, 0.25) is 0 Å². The maximum atomic E-state index is 13.1. The van der Waals surface area contributed by atoms with E-state index in [1.165, 1.54) is 0 Å². The number of aliphatic hydroxyl groups excluding tert-OH is 1. The number of benzene rings is 2. The van der Waals surface area contributed by atoms with E-state index < -0.39 is 11.8 Å². The molecule has 10 heteroatoms. The van der Waals surface area contributed by atoms with Gasteiger partial charge in [-0.3, -0.25) is 9.57 Å². The lowest BCUT2D eigenvalue weighted by Gasteiger charge is -2.40. The molecule has 2 aromatic carbocycles. The molecule has 228 valence electrons. The summed E-state index contributed by atoms with van der Waals surface area (Å²) in [5.74, 6) is -1.41. The third kappa shape index (κ3) is 7.56. The SMILES string of the molecule is CCOOC(=O)C(OCC)(OCC)C1CCC(Cn2nc(-c3ccccc3)c(-c3cccc(Cl)c3)c2SCCO)CC1. The van der Waals surface area contributed by atoms with Crippen LogP contribution in [0.4, 0.5) is 0 Å². The standard InChI is InChI=1S/C32H41ClN2O6S/c1-4-38-32(39-5-2,31(37)41-40-6-3)26-17-15-23(16-18-26)22-35-30(42-20-19-36)28(25-13-10-14-27(33)21-25)29(34-35)24-11-8-7-9-12-24/h7-14,21,23,26,36H,4-6,15-20,22H2,1-3H3. The van der Waals surface area contributed by atoms with Crippen LogP contribution in [0.2, 0.25) is 5.02 Å². The molecule has 1 aromatic heterocycles. The molecule has 0 spiro atoms. The van der Waals surface area contributed by atoms with Crippen molar-refractivity contribution in [1.29, 1.82) is 0 Å². The maximum Gasteiger partial charge on any atom is 0.401 e. The number of hydrogen-bond acceptors (Lipinski definition) is 8. The van der Waals surface area contributed by atoms with Gasteiger partial charge < -0.3 is 14.6 Å². The first-order valence-electron chi connectivity index (χ1n) is 14.7. The van der Waals surface area contributed by atoms with Crippen molar-refractivity contribution in [3.63, 3.8) is 0 Å². The van der Waals surface area contributed by atoms with Crippen LogP contribution in [0.25, 0.3) is 22.4 Å². The molecule has 1 heterocycles. The van der Waals surface area contributed by atoms with E-state index >= 15 is 0 Å². The number of rotatable bonds is 15. The number of aromatic nitrogens is 2. The highest BCUT2D eigenvalue weighted by atomic mass is 35.5. The van der Waals surface area contributed by atoms with Gasteiger partial charge in [0.15, 0.2) is 0 Å². The fourth-order valence-electron chi connectivity index (χ4n) is 5.69. The molecule has 0 saturated heterocycles.